The number of pyridine rings is 2. The largest absolute Gasteiger partial charge is 0.460 e. The molecule has 0 radical (unpaired) electrons. The number of aromatic nitrogens is 2. The molecule has 0 aliphatic rings. The molecule has 0 amide bonds. The molecule has 32 heavy (non-hydrogen) atoms. The van der Waals surface area contributed by atoms with Crippen LogP contribution in [0, 0.1) is 20.8 Å². The van der Waals surface area contributed by atoms with Crippen molar-refractivity contribution in [2.75, 3.05) is 6.54 Å². The number of hydrogen-bond donors (Lipinski definition) is 0. The topological polar surface area (TPSA) is 59.2 Å². The van der Waals surface area contributed by atoms with Crippen LogP contribution in [0.3, 0.4) is 0 Å². The molecule has 0 N–H and O–H groups in total. The predicted molar refractivity (Wildman–Crippen MR) is 128 cm³/mol. The Kier molecular flexibility index (Phi) is 6.76. The van der Waals surface area contributed by atoms with Gasteiger partial charge < -0.3 is 4.42 Å². The average molecular weight is 428 g/mol. The number of nitrogens with zero attached hydrogens (tertiary/aromatic N) is 3. The van der Waals surface area contributed by atoms with Crippen LogP contribution in [-0.2, 0) is 19.5 Å². The van der Waals surface area contributed by atoms with Crippen LogP contribution < -0.4 is 5.43 Å². The summed E-state index contributed by atoms with van der Waals surface area (Å²) >= 11 is 0. The molecule has 0 fully saturated rings. The molecule has 0 saturated heterocycles. The van der Waals surface area contributed by atoms with E-state index in [1.807, 2.05) is 69.7 Å². The highest BCUT2D eigenvalue weighted by Gasteiger charge is 2.17. The van der Waals surface area contributed by atoms with Gasteiger partial charge in [0.15, 0.2) is 5.43 Å². The van der Waals surface area contributed by atoms with Crippen molar-refractivity contribution in [3.05, 3.63) is 105 Å². The second-order valence-electron chi connectivity index (χ2n) is 8.38. The number of rotatable bonds is 8. The molecule has 4 aromatic rings. The zero-order valence-electron chi connectivity index (χ0n) is 19.0. The van der Waals surface area contributed by atoms with Gasteiger partial charge in [-0.3, -0.25) is 19.7 Å². The van der Waals surface area contributed by atoms with Crippen LogP contribution in [0.4, 0.5) is 0 Å². The molecule has 0 aliphatic heterocycles. The van der Waals surface area contributed by atoms with Gasteiger partial charge in [0, 0.05) is 37.9 Å². The summed E-state index contributed by atoms with van der Waals surface area (Å²) in [4.78, 5) is 24.0. The molecule has 0 saturated carbocycles. The summed E-state index contributed by atoms with van der Waals surface area (Å²) in [5.74, 6) is 0.697. The molecule has 5 heteroatoms. The Morgan fingerprint density at radius 2 is 1.72 bits per heavy atom. The van der Waals surface area contributed by atoms with Crippen LogP contribution in [0.15, 0.2) is 70.4 Å². The third kappa shape index (κ3) is 4.94. The van der Waals surface area contributed by atoms with Gasteiger partial charge in [0.1, 0.15) is 11.3 Å². The Hall–Kier alpha value is -3.31. The second kappa shape index (κ2) is 9.88. The van der Waals surface area contributed by atoms with Crippen LogP contribution >= 0.6 is 0 Å². The molecule has 164 valence electrons. The monoisotopic (exact) mass is 427 g/mol. The zero-order valence-corrected chi connectivity index (χ0v) is 19.0. The molecule has 5 nitrogen and oxygen atoms in total. The number of benzene rings is 1. The van der Waals surface area contributed by atoms with Crippen molar-refractivity contribution >= 4 is 11.0 Å². The molecule has 3 aromatic heterocycles. The van der Waals surface area contributed by atoms with Gasteiger partial charge in [0.05, 0.1) is 10.9 Å². The smallest absolute Gasteiger partial charge is 0.197 e. The first kappa shape index (κ1) is 21.9. The van der Waals surface area contributed by atoms with Gasteiger partial charge in [-0.2, -0.15) is 0 Å². The molecule has 0 spiro atoms. The van der Waals surface area contributed by atoms with Crippen LogP contribution in [0.1, 0.15) is 40.0 Å². The van der Waals surface area contributed by atoms with E-state index < -0.39 is 0 Å². The van der Waals surface area contributed by atoms with Gasteiger partial charge in [-0.15, -0.1) is 0 Å². The maximum absolute atomic E-state index is 13.4. The predicted octanol–water partition coefficient (Wildman–Crippen LogP) is 5.14. The molecule has 4 rings (SSSR count). The summed E-state index contributed by atoms with van der Waals surface area (Å²) in [6.07, 6.45) is 9.26. The highest BCUT2D eigenvalue weighted by molar-refractivity contribution is 5.81. The third-order valence-corrected chi connectivity index (χ3v) is 6.08. The fraction of sp³-hybridized carbons (Fsp3) is 0.296. The van der Waals surface area contributed by atoms with E-state index in [1.165, 1.54) is 11.1 Å². The van der Waals surface area contributed by atoms with Gasteiger partial charge in [-0.1, -0.05) is 12.1 Å². The van der Waals surface area contributed by atoms with Crippen molar-refractivity contribution in [2.24, 2.45) is 0 Å². The normalized spacial score (nSPS) is 11.4. The lowest BCUT2D eigenvalue weighted by molar-refractivity contribution is 0.250. The minimum atomic E-state index is 0.0684. The Labute approximate surface area is 188 Å². The highest BCUT2D eigenvalue weighted by atomic mass is 16.3. The first-order valence-electron chi connectivity index (χ1n) is 11.1. The molecule has 0 aliphatic carbocycles. The maximum atomic E-state index is 13.4. The molecule has 0 unspecified atom stereocenters. The Bertz CT molecular complexity index is 1250. The van der Waals surface area contributed by atoms with Crippen molar-refractivity contribution in [1.82, 2.24) is 14.9 Å². The van der Waals surface area contributed by atoms with E-state index in [1.54, 1.807) is 6.20 Å². The molecule has 0 atom stereocenters. The quantitative estimate of drug-likeness (QED) is 0.389. The summed E-state index contributed by atoms with van der Waals surface area (Å²) in [6, 6.07) is 12.0. The van der Waals surface area contributed by atoms with E-state index in [0.717, 1.165) is 42.6 Å². The summed E-state index contributed by atoms with van der Waals surface area (Å²) in [5.41, 5.74) is 6.06. The standard InChI is InChI=1S/C27H29N3O2/c1-19-8-9-24-26(31)25(21(3)32-27(24)20(19)2)18-30(17-23-10-13-28-14-11-23)15-5-7-22-6-4-12-29-16-22/h4,6,8-14,16H,5,7,15,17-18H2,1-3H3. The van der Waals surface area contributed by atoms with E-state index in [9.17, 15) is 4.79 Å². The van der Waals surface area contributed by atoms with Crippen molar-refractivity contribution in [3.8, 4) is 0 Å². The van der Waals surface area contributed by atoms with Crippen LogP contribution in [0.2, 0.25) is 0 Å². The van der Waals surface area contributed by atoms with Gasteiger partial charge in [-0.05, 0) is 86.7 Å². The minimum absolute atomic E-state index is 0.0684. The Morgan fingerprint density at radius 1 is 0.906 bits per heavy atom. The van der Waals surface area contributed by atoms with Gasteiger partial charge in [0.25, 0.3) is 0 Å². The fourth-order valence-corrected chi connectivity index (χ4v) is 4.06. The van der Waals surface area contributed by atoms with Crippen molar-refractivity contribution in [1.29, 1.82) is 0 Å². The van der Waals surface area contributed by atoms with Crippen LogP contribution in [0.5, 0.6) is 0 Å². The van der Waals surface area contributed by atoms with Crippen molar-refractivity contribution in [3.63, 3.8) is 0 Å². The summed E-state index contributed by atoms with van der Waals surface area (Å²) in [5, 5.41) is 0.660. The van der Waals surface area contributed by atoms with Gasteiger partial charge in [0.2, 0.25) is 0 Å². The molecular formula is C27H29N3O2. The average Bonchev–Trinajstić information content (AvgIpc) is 2.80. The van der Waals surface area contributed by atoms with E-state index in [2.05, 4.69) is 20.9 Å². The Morgan fingerprint density at radius 3 is 2.47 bits per heavy atom. The lowest BCUT2D eigenvalue weighted by Crippen LogP contribution is -2.28. The SMILES string of the molecule is Cc1ccc2c(=O)c(CN(CCCc3cccnc3)Cc3ccncc3)c(C)oc2c1C. The maximum Gasteiger partial charge on any atom is 0.197 e. The van der Waals surface area contributed by atoms with Crippen molar-refractivity contribution < 1.29 is 4.42 Å². The summed E-state index contributed by atoms with van der Waals surface area (Å²) in [7, 11) is 0. The van der Waals surface area contributed by atoms with Crippen LogP contribution in [0.25, 0.3) is 11.0 Å². The van der Waals surface area contributed by atoms with E-state index in [4.69, 9.17) is 4.42 Å². The van der Waals surface area contributed by atoms with Gasteiger partial charge >= 0.3 is 0 Å². The van der Waals surface area contributed by atoms with E-state index in [0.29, 0.717) is 23.3 Å². The minimum Gasteiger partial charge on any atom is -0.460 e. The lowest BCUT2D eigenvalue weighted by Gasteiger charge is -2.23. The molecule has 3 heterocycles. The summed E-state index contributed by atoms with van der Waals surface area (Å²) in [6.45, 7) is 8.11. The van der Waals surface area contributed by atoms with E-state index in [-0.39, 0.29) is 5.43 Å². The number of fused-ring (bicyclic) bond motifs is 1. The first-order valence-corrected chi connectivity index (χ1v) is 11.1. The Balaban J connectivity index is 1.60. The fourth-order valence-electron chi connectivity index (χ4n) is 4.06. The molecule has 1 aromatic carbocycles. The van der Waals surface area contributed by atoms with Crippen LogP contribution in [-0.4, -0.2) is 21.4 Å². The molecular weight excluding hydrogens is 398 g/mol. The summed E-state index contributed by atoms with van der Waals surface area (Å²) < 4.78 is 6.17. The molecule has 0 bridgehead atoms. The highest BCUT2D eigenvalue weighted by Crippen LogP contribution is 2.23. The lowest BCUT2D eigenvalue weighted by atomic mass is 10.0. The van der Waals surface area contributed by atoms with Crippen molar-refractivity contribution in [2.45, 2.75) is 46.7 Å². The number of hydrogen-bond acceptors (Lipinski definition) is 5. The first-order chi connectivity index (χ1) is 15.5. The van der Waals surface area contributed by atoms with E-state index >= 15 is 0 Å². The van der Waals surface area contributed by atoms with Gasteiger partial charge in [-0.25, -0.2) is 0 Å². The zero-order chi connectivity index (χ0) is 22.5. The third-order valence-electron chi connectivity index (χ3n) is 6.08. The number of aryl methyl sites for hydroxylation is 4. The second-order valence-corrected chi connectivity index (χ2v) is 8.38.